The molecule has 0 aliphatic rings. The van der Waals surface area contributed by atoms with Crippen molar-refractivity contribution in [1.82, 2.24) is 0 Å². The average molecular weight is 491 g/mol. The molecular formula is C29H38N4O3. The Balaban J connectivity index is 0.000000291. The van der Waals surface area contributed by atoms with E-state index in [-0.39, 0.29) is 24.7 Å². The van der Waals surface area contributed by atoms with Crippen molar-refractivity contribution in [3.8, 4) is 17.2 Å². The van der Waals surface area contributed by atoms with Gasteiger partial charge in [0.15, 0.2) is 0 Å². The normalized spacial score (nSPS) is 9.33. The SMILES string of the molecule is C.CN(C)c1ccc(N)cc1.CN(C)c1ccc(Nc2cccc(O)c2)cc1.Oc1cccc(O)c1. The predicted molar refractivity (Wildman–Crippen MR) is 154 cm³/mol. The summed E-state index contributed by atoms with van der Waals surface area (Å²) < 4.78 is 0. The first-order chi connectivity index (χ1) is 16.6. The van der Waals surface area contributed by atoms with Gasteiger partial charge in [-0.1, -0.05) is 19.6 Å². The molecule has 6 N–H and O–H groups in total. The van der Waals surface area contributed by atoms with Gasteiger partial charge in [0.2, 0.25) is 0 Å². The quantitative estimate of drug-likeness (QED) is 0.215. The molecule has 7 heteroatoms. The van der Waals surface area contributed by atoms with Gasteiger partial charge in [-0.3, -0.25) is 0 Å². The fourth-order valence-electron chi connectivity index (χ4n) is 2.86. The lowest BCUT2D eigenvalue weighted by molar-refractivity contribution is 0.450. The van der Waals surface area contributed by atoms with Crippen LogP contribution in [0.1, 0.15) is 7.43 Å². The van der Waals surface area contributed by atoms with E-state index in [1.54, 1.807) is 18.2 Å². The molecule has 0 bridgehead atoms. The molecule has 0 heterocycles. The van der Waals surface area contributed by atoms with Crippen molar-refractivity contribution in [2.24, 2.45) is 0 Å². The van der Waals surface area contributed by atoms with Crippen LogP contribution in [0.3, 0.4) is 0 Å². The minimum absolute atomic E-state index is 0. The summed E-state index contributed by atoms with van der Waals surface area (Å²) in [6.45, 7) is 0. The number of aromatic hydroxyl groups is 3. The van der Waals surface area contributed by atoms with Crippen LogP contribution in [0, 0.1) is 0 Å². The van der Waals surface area contributed by atoms with Crippen molar-refractivity contribution in [2.45, 2.75) is 7.43 Å². The number of nitrogens with one attached hydrogen (secondary N) is 1. The number of hydrogen-bond acceptors (Lipinski definition) is 7. The molecule has 0 aromatic heterocycles. The van der Waals surface area contributed by atoms with Gasteiger partial charge in [-0.05, 0) is 72.8 Å². The summed E-state index contributed by atoms with van der Waals surface area (Å²) in [6.07, 6.45) is 0. The largest absolute Gasteiger partial charge is 0.508 e. The molecule has 7 nitrogen and oxygen atoms in total. The molecule has 0 atom stereocenters. The van der Waals surface area contributed by atoms with Crippen LogP contribution in [0.25, 0.3) is 0 Å². The van der Waals surface area contributed by atoms with Gasteiger partial charge in [-0.2, -0.15) is 0 Å². The Morgan fingerprint density at radius 3 is 1.36 bits per heavy atom. The van der Waals surface area contributed by atoms with Crippen molar-refractivity contribution in [2.75, 3.05) is 49.0 Å². The number of phenolic OH excluding ortho intramolecular Hbond substituents is 3. The van der Waals surface area contributed by atoms with Crippen molar-refractivity contribution >= 4 is 28.4 Å². The van der Waals surface area contributed by atoms with Gasteiger partial charge in [0.05, 0.1) is 0 Å². The van der Waals surface area contributed by atoms with Gasteiger partial charge in [-0.25, -0.2) is 0 Å². The topological polar surface area (TPSA) is 105 Å². The molecule has 0 unspecified atom stereocenters. The van der Waals surface area contributed by atoms with Crippen molar-refractivity contribution < 1.29 is 15.3 Å². The fourth-order valence-corrected chi connectivity index (χ4v) is 2.86. The van der Waals surface area contributed by atoms with E-state index in [4.69, 9.17) is 15.9 Å². The maximum absolute atomic E-state index is 9.36. The zero-order chi connectivity index (χ0) is 25.8. The van der Waals surface area contributed by atoms with Gasteiger partial charge >= 0.3 is 0 Å². The first-order valence-corrected chi connectivity index (χ1v) is 11.0. The summed E-state index contributed by atoms with van der Waals surface area (Å²) in [4.78, 5) is 4.09. The first-order valence-electron chi connectivity index (χ1n) is 11.0. The van der Waals surface area contributed by atoms with Crippen LogP contribution in [0.5, 0.6) is 17.2 Å². The Bertz CT molecular complexity index is 1140. The first kappa shape index (κ1) is 29.5. The molecule has 0 saturated carbocycles. The van der Waals surface area contributed by atoms with E-state index >= 15 is 0 Å². The Kier molecular flexibility index (Phi) is 12.0. The minimum atomic E-state index is 0. The van der Waals surface area contributed by atoms with Crippen LogP contribution in [0.15, 0.2) is 97.1 Å². The highest BCUT2D eigenvalue weighted by atomic mass is 16.3. The van der Waals surface area contributed by atoms with E-state index < -0.39 is 0 Å². The second-order valence-corrected chi connectivity index (χ2v) is 8.12. The van der Waals surface area contributed by atoms with E-state index in [0.717, 1.165) is 22.7 Å². The van der Waals surface area contributed by atoms with E-state index in [1.807, 2.05) is 93.8 Å². The third-order valence-electron chi connectivity index (χ3n) is 4.76. The van der Waals surface area contributed by atoms with Gasteiger partial charge in [0, 0.05) is 68.8 Å². The van der Waals surface area contributed by atoms with Crippen LogP contribution in [0.2, 0.25) is 0 Å². The van der Waals surface area contributed by atoms with Gasteiger partial charge in [0.25, 0.3) is 0 Å². The number of phenols is 3. The summed E-state index contributed by atoms with van der Waals surface area (Å²) in [6, 6.07) is 28.8. The van der Waals surface area contributed by atoms with Crippen LogP contribution < -0.4 is 20.9 Å². The summed E-state index contributed by atoms with van der Waals surface area (Å²) in [5, 5.41) is 29.9. The summed E-state index contributed by atoms with van der Waals surface area (Å²) in [5.41, 5.74) is 10.5. The summed E-state index contributed by atoms with van der Waals surface area (Å²) in [7, 11) is 8.03. The molecular weight excluding hydrogens is 452 g/mol. The van der Waals surface area contributed by atoms with Crippen LogP contribution in [0.4, 0.5) is 28.4 Å². The zero-order valence-electron chi connectivity index (χ0n) is 20.6. The smallest absolute Gasteiger partial charge is 0.119 e. The second kappa shape index (κ2) is 14.7. The Hall–Kier alpha value is -4.52. The highest BCUT2D eigenvalue weighted by Crippen LogP contribution is 2.22. The monoisotopic (exact) mass is 490 g/mol. The molecule has 4 aromatic rings. The van der Waals surface area contributed by atoms with Gasteiger partial charge in [0.1, 0.15) is 17.2 Å². The van der Waals surface area contributed by atoms with E-state index in [1.165, 1.54) is 23.9 Å². The number of nitrogens with zero attached hydrogens (tertiary/aromatic N) is 2. The number of nitrogens with two attached hydrogens (primary N) is 1. The van der Waals surface area contributed by atoms with Gasteiger partial charge < -0.3 is 36.2 Å². The number of hydrogen-bond donors (Lipinski definition) is 5. The summed E-state index contributed by atoms with van der Waals surface area (Å²) in [5.74, 6) is 0.440. The highest BCUT2D eigenvalue weighted by Gasteiger charge is 1.98. The predicted octanol–water partition coefficient (Wildman–Crippen LogP) is 6.27. The highest BCUT2D eigenvalue weighted by molar-refractivity contribution is 5.63. The van der Waals surface area contributed by atoms with E-state index in [9.17, 15) is 5.11 Å². The Labute approximate surface area is 214 Å². The molecule has 0 spiro atoms. The fraction of sp³-hybridized carbons (Fsp3) is 0.172. The molecule has 36 heavy (non-hydrogen) atoms. The second-order valence-electron chi connectivity index (χ2n) is 8.12. The lowest BCUT2D eigenvalue weighted by Gasteiger charge is -2.13. The molecule has 0 aliphatic heterocycles. The van der Waals surface area contributed by atoms with Crippen molar-refractivity contribution in [3.63, 3.8) is 0 Å². The van der Waals surface area contributed by atoms with Crippen LogP contribution >= 0.6 is 0 Å². The third-order valence-corrected chi connectivity index (χ3v) is 4.76. The van der Waals surface area contributed by atoms with Crippen LogP contribution in [-0.2, 0) is 0 Å². The van der Waals surface area contributed by atoms with E-state index in [0.29, 0.717) is 0 Å². The van der Waals surface area contributed by atoms with Crippen LogP contribution in [-0.4, -0.2) is 43.5 Å². The molecule has 4 rings (SSSR count). The Morgan fingerprint density at radius 1 is 0.556 bits per heavy atom. The molecule has 192 valence electrons. The third kappa shape index (κ3) is 10.6. The number of nitrogen functional groups attached to an aromatic ring is 1. The molecule has 0 aliphatic carbocycles. The lowest BCUT2D eigenvalue weighted by Crippen LogP contribution is -2.08. The minimum Gasteiger partial charge on any atom is -0.508 e. The molecule has 0 saturated heterocycles. The number of benzene rings is 4. The molecule has 4 aromatic carbocycles. The summed E-state index contributed by atoms with van der Waals surface area (Å²) >= 11 is 0. The molecule has 0 radical (unpaired) electrons. The van der Waals surface area contributed by atoms with Gasteiger partial charge in [-0.15, -0.1) is 0 Å². The zero-order valence-corrected chi connectivity index (χ0v) is 20.6. The maximum Gasteiger partial charge on any atom is 0.119 e. The molecule has 0 amide bonds. The standard InChI is InChI=1S/C14H16N2O.C8H12N2.C6H6O2.CH4/c1-16(2)13-8-6-11(7-9-13)15-12-4-3-5-14(17)10-12;1-10(2)8-5-3-7(9)4-6-8;7-5-2-1-3-6(8)4-5;/h3-10,15,17H,1-2H3;3-6H,9H2,1-2H3;1-4,7-8H;1H4. The van der Waals surface area contributed by atoms with E-state index in [2.05, 4.69) is 10.2 Å². The lowest BCUT2D eigenvalue weighted by atomic mass is 10.2. The maximum atomic E-state index is 9.36. The van der Waals surface area contributed by atoms with Crippen molar-refractivity contribution in [1.29, 1.82) is 0 Å². The van der Waals surface area contributed by atoms with Crippen molar-refractivity contribution in [3.05, 3.63) is 97.1 Å². The number of rotatable bonds is 4. The molecule has 0 fully saturated rings. The Morgan fingerprint density at radius 2 is 0.972 bits per heavy atom. The average Bonchev–Trinajstić information content (AvgIpc) is 2.80. The number of anilines is 5.